The zero-order valence-corrected chi connectivity index (χ0v) is 16.6. The van der Waals surface area contributed by atoms with E-state index in [0.29, 0.717) is 13.1 Å². The molecule has 1 atom stereocenters. The lowest BCUT2D eigenvalue weighted by atomic mass is 10.1. The molecule has 0 fully saturated rings. The SMILES string of the molecule is Cc1ccc(CN(C(=O)NCc2cccn2C)C2CCc3ccccc32)cc1. The number of fused-ring (bicyclic) bond motifs is 1. The highest BCUT2D eigenvalue weighted by molar-refractivity contribution is 5.75. The number of rotatable bonds is 5. The maximum Gasteiger partial charge on any atom is 0.318 e. The number of benzene rings is 2. The van der Waals surface area contributed by atoms with Crippen molar-refractivity contribution in [2.24, 2.45) is 7.05 Å². The number of urea groups is 1. The van der Waals surface area contributed by atoms with Gasteiger partial charge in [0.2, 0.25) is 0 Å². The van der Waals surface area contributed by atoms with Crippen LogP contribution in [0, 0.1) is 6.92 Å². The first-order valence-electron chi connectivity index (χ1n) is 9.90. The Morgan fingerprint density at radius 2 is 1.89 bits per heavy atom. The molecule has 1 heterocycles. The number of aromatic nitrogens is 1. The van der Waals surface area contributed by atoms with E-state index in [0.717, 1.165) is 24.1 Å². The molecule has 2 aromatic carbocycles. The van der Waals surface area contributed by atoms with Gasteiger partial charge >= 0.3 is 6.03 Å². The van der Waals surface area contributed by atoms with Gasteiger partial charge in [-0.15, -0.1) is 0 Å². The lowest BCUT2D eigenvalue weighted by Gasteiger charge is -2.30. The Balaban J connectivity index is 1.57. The lowest BCUT2D eigenvalue weighted by Crippen LogP contribution is -2.41. The molecule has 0 radical (unpaired) electrons. The van der Waals surface area contributed by atoms with Crippen LogP contribution in [0.25, 0.3) is 0 Å². The highest BCUT2D eigenvalue weighted by atomic mass is 16.2. The van der Waals surface area contributed by atoms with Crippen LogP contribution in [-0.2, 0) is 26.6 Å². The van der Waals surface area contributed by atoms with Crippen LogP contribution in [0.15, 0.2) is 66.9 Å². The third-order valence-electron chi connectivity index (χ3n) is 5.68. The Bertz CT molecular complexity index is 958. The van der Waals surface area contributed by atoms with E-state index in [2.05, 4.69) is 60.8 Å². The van der Waals surface area contributed by atoms with Gasteiger partial charge in [-0.1, -0.05) is 54.1 Å². The summed E-state index contributed by atoms with van der Waals surface area (Å²) >= 11 is 0. The molecule has 2 amide bonds. The van der Waals surface area contributed by atoms with Crippen LogP contribution in [0.1, 0.15) is 40.4 Å². The summed E-state index contributed by atoms with van der Waals surface area (Å²) in [6.45, 7) is 3.22. The fraction of sp³-hybridized carbons (Fsp3) is 0.292. The molecule has 0 aliphatic heterocycles. The number of carbonyl (C=O) groups excluding carboxylic acids is 1. The summed E-state index contributed by atoms with van der Waals surface area (Å²) in [4.78, 5) is 15.2. The van der Waals surface area contributed by atoms with Crippen LogP contribution in [0.5, 0.6) is 0 Å². The average Bonchev–Trinajstić information content (AvgIpc) is 3.32. The van der Waals surface area contributed by atoms with E-state index in [4.69, 9.17) is 0 Å². The number of nitrogens with zero attached hydrogens (tertiary/aromatic N) is 2. The largest absolute Gasteiger partial charge is 0.353 e. The Kier molecular flexibility index (Phi) is 5.20. The first-order valence-corrected chi connectivity index (χ1v) is 9.90. The van der Waals surface area contributed by atoms with Gasteiger partial charge in [0, 0.05) is 25.5 Å². The molecule has 4 rings (SSSR count). The zero-order chi connectivity index (χ0) is 19.5. The number of hydrogen-bond acceptors (Lipinski definition) is 1. The lowest BCUT2D eigenvalue weighted by molar-refractivity contribution is 0.169. The van der Waals surface area contributed by atoms with Crippen LogP contribution in [0.2, 0.25) is 0 Å². The molecule has 0 bridgehead atoms. The molecule has 1 N–H and O–H groups in total. The zero-order valence-electron chi connectivity index (χ0n) is 16.6. The van der Waals surface area contributed by atoms with Crippen LogP contribution >= 0.6 is 0 Å². The molecule has 144 valence electrons. The number of carbonyl (C=O) groups is 1. The Labute approximate surface area is 166 Å². The van der Waals surface area contributed by atoms with E-state index >= 15 is 0 Å². The molecule has 28 heavy (non-hydrogen) atoms. The van der Waals surface area contributed by atoms with Crippen molar-refractivity contribution in [3.8, 4) is 0 Å². The quantitative estimate of drug-likeness (QED) is 0.689. The molecular weight excluding hydrogens is 346 g/mol. The van der Waals surface area contributed by atoms with Crippen molar-refractivity contribution in [1.82, 2.24) is 14.8 Å². The Morgan fingerprint density at radius 1 is 1.11 bits per heavy atom. The number of hydrogen-bond donors (Lipinski definition) is 1. The summed E-state index contributed by atoms with van der Waals surface area (Å²) in [5, 5.41) is 3.13. The van der Waals surface area contributed by atoms with Gasteiger partial charge in [-0.2, -0.15) is 0 Å². The minimum absolute atomic E-state index is 0.0107. The topological polar surface area (TPSA) is 37.3 Å². The van der Waals surface area contributed by atoms with Gasteiger partial charge in [0.1, 0.15) is 0 Å². The second-order valence-corrected chi connectivity index (χ2v) is 7.64. The molecule has 0 saturated heterocycles. The standard InChI is InChI=1S/C24H27N3O/c1-18-9-11-19(12-10-18)17-27(23-14-13-20-6-3-4-8-22(20)23)24(28)25-16-21-7-5-15-26(21)2/h3-12,15,23H,13-14,16-17H2,1-2H3,(H,25,28). The normalized spacial score (nSPS) is 15.3. The van der Waals surface area contributed by atoms with Crippen molar-refractivity contribution < 1.29 is 4.79 Å². The van der Waals surface area contributed by atoms with Crippen molar-refractivity contribution in [3.05, 3.63) is 94.8 Å². The molecule has 1 aliphatic carbocycles. The average molecular weight is 374 g/mol. The molecule has 3 aromatic rings. The third-order valence-corrected chi connectivity index (χ3v) is 5.68. The molecule has 1 aliphatic rings. The highest BCUT2D eigenvalue weighted by Crippen LogP contribution is 2.36. The van der Waals surface area contributed by atoms with E-state index in [1.807, 2.05) is 34.8 Å². The number of aryl methyl sites for hydroxylation is 3. The number of amides is 2. The smallest absolute Gasteiger partial charge is 0.318 e. The molecule has 0 saturated carbocycles. The van der Waals surface area contributed by atoms with Crippen molar-refractivity contribution in [2.45, 2.75) is 38.9 Å². The summed E-state index contributed by atoms with van der Waals surface area (Å²) in [5.74, 6) is 0. The van der Waals surface area contributed by atoms with E-state index in [9.17, 15) is 4.79 Å². The Hall–Kier alpha value is -3.01. The fourth-order valence-electron chi connectivity index (χ4n) is 4.02. The van der Waals surface area contributed by atoms with Crippen LogP contribution < -0.4 is 5.32 Å². The molecule has 1 unspecified atom stereocenters. The summed E-state index contributed by atoms with van der Waals surface area (Å²) < 4.78 is 2.04. The molecule has 0 spiro atoms. The summed E-state index contributed by atoms with van der Waals surface area (Å²) in [6, 6.07) is 21.1. The minimum atomic E-state index is -0.0107. The van der Waals surface area contributed by atoms with Crippen molar-refractivity contribution in [2.75, 3.05) is 0 Å². The summed E-state index contributed by atoms with van der Waals surface area (Å²) in [5.41, 5.74) is 6.12. The summed E-state index contributed by atoms with van der Waals surface area (Å²) in [7, 11) is 2.00. The highest BCUT2D eigenvalue weighted by Gasteiger charge is 2.30. The van der Waals surface area contributed by atoms with Gasteiger partial charge in [0.25, 0.3) is 0 Å². The van der Waals surface area contributed by atoms with Crippen molar-refractivity contribution in [3.63, 3.8) is 0 Å². The second-order valence-electron chi connectivity index (χ2n) is 7.64. The van der Waals surface area contributed by atoms with Crippen LogP contribution in [0.4, 0.5) is 4.79 Å². The monoisotopic (exact) mass is 373 g/mol. The van der Waals surface area contributed by atoms with Gasteiger partial charge in [-0.05, 0) is 48.6 Å². The summed E-state index contributed by atoms with van der Waals surface area (Å²) in [6.07, 6.45) is 4.00. The van der Waals surface area contributed by atoms with Gasteiger partial charge in [0.05, 0.1) is 12.6 Å². The van der Waals surface area contributed by atoms with E-state index in [-0.39, 0.29) is 12.1 Å². The first kappa shape index (κ1) is 18.4. The molecule has 4 heteroatoms. The van der Waals surface area contributed by atoms with Crippen LogP contribution in [0.3, 0.4) is 0 Å². The Morgan fingerprint density at radius 3 is 2.64 bits per heavy atom. The van der Waals surface area contributed by atoms with Gasteiger partial charge in [-0.3, -0.25) is 0 Å². The van der Waals surface area contributed by atoms with Crippen molar-refractivity contribution in [1.29, 1.82) is 0 Å². The fourth-order valence-corrected chi connectivity index (χ4v) is 4.02. The second kappa shape index (κ2) is 7.93. The molecule has 1 aromatic heterocycles. The first-order chi connectivity index (χ1) is 13.6. The van der Waals surface area contributed by atoms with Crippen molar-refractivity contribution >= 4 is 6.03 Å². The maximum atomic E-state index is 13.2. The van der Waals surface area contributed by atoms with Crippen LogP contribution in [-0.4, -0.2) is 15.5 Å². The molecule has 4 nitrogen and oxygen atoms in total. The van der Waals surface area contributed by atoms with Gasteiger partial charge in [-0.25, -0.2) is 4.79 Å². The van der Waals surface area contributed by atoms with Gasteiger partial charge < -0.3 is 14.8 Å². The minimum Gasteiger partial charge on any atom is -0.353 e. The predicted octanol–water partition coefficient (Wildman–Crippen LogP) is 4.73. The van der Waals surface area contributed by atoms with E-state index < -0.39 is 0 Å². The van der Waals surface area contributed by atoms with E-state index in [1.54, 1.807) is 0 Å². The maximum absolute atomic E-state index is 13.2. The third kappa shape index (κ3) is 3.81. The van der Waals surface area contributed by atoms with E-state index in [1.165, 1.54) is 16.7 Å². The number of nitrogens with one attached hydrogen (secondary N) is 1. The van der Waals surface area contributed by atoms with Gasteiger partial charge in [0.15, 0.2) is 0 Å². The molecular formula is C24H27N3O. The predicted molar refractivity (Wildman–Crippen MR) is 112 cm³/mol.